The Hall–Kier alpha value is -1.03. The monoisotopic (exact) mass is 405 g/mol. The topological polar surface area (TPSA) is 53.4 Å². The molecule has 1 saturated heterocycles. The van der Waals surface area contributed by atoms with E-state index in [0.29, 0.717) is 0 Å². The van der Waals surface area contributed by atoms with Crippen LogP contribution in [0.25, 0.3) is 0 Å². The standard InChI is InChI=1S/C14H22F3N5O.2ClH/c1-10(14(15,16)17)21-4-6-22(7-5-21)13(23)12(18-2)11-8-19-20(3)9-11;;/h8-10,12,18H,4-7H2,1-3H3;2*1H. The van der Waals surface area contributed by atoms with E-state index < -0.39 is 18.3 Å². The molecule has 0 radical (unpaired) electrons. The first-order chi connectivity index (χ1) is 10.7. The second-order valence-corrected chi connectivity index (χ2v) is 5.75. The zero-order valence-corrected chi connectivity index (χ0v) is 15.9. The third-order valence-corrected chi connectivity index (χ3v) is 4.24. The first-order valence-corrected chi connectivity index (χ1v) is 7.49. The quantitative estimate of drug-likeness (QED) is 0.826. The molecule has 0 aliphatic carbocycles. The fourth-order valence-corrected chi connectivity index (χ4v) is 2.74. The van der Waals surface area contributed by atoms with Crippen molar-refractivity contribution in [2.75, 3.05) is 33.2 Å². The summed E-state index contributed by atoms with van der Waals surface area (Å²) in [6.07, 6.45) is -0.877. The van der Waals surface area contributed by atoms with Gasteiger partial charge in [-0.2, -0.15) is 18.3 Å². The average Bonchev–Trinajstić information content (AvgIpc) is 2.92. The van der Waals surface area contributed by atoms with Gasteiger partial charge in [0, 0.05) is 45.0 Å². The van der Waals surface area contributed by atoms with E-state index in [9.17, 15) is 18.0 Å². The molecular weight excluding hydrogens is 382 g/mol. The van der Waals surface area contributed by atoms with Crippen molar-refractivity contribution in [3.63, 3.8) is 0 Å². The van der Waals surface area contributed by atoms with Gasteiger partial charge in [0.1, 0.15) is 12.1 Å². The van der Waals surface area contributed by atoms with E-state index in [1.807, 2.05) is 0 Å². The molecule has 0 saturated carbocycles. The summed E-state index contributed by atoms with van der Waals surface area (Å²) in [5.41, 5.74) is 0.742. The van der Waals surface area contributed by atoms with Gasteiger partial charge < -0.3 is 10.2 Å². The highest BCUT2D eigenvalue weighted by Crippen LogP contribution is 2.25. The molecule has 1 aromatic heterocycles. The van der Waals surface area contributed by atoms with Gasteiger partial charge in [0.25, 0.3) is 0 Å². The predicted molar refractivity (Wildman–Crippen MR) is 93.2 cm³/mol. The number of carbonyl (C=O) groups is 1. The average molecular weight is 406 g/mol. The van der Waals surface area contributed by atoms with Gasteiger partial charge in [-0.3, -0.25) is 14.4 Å². The molecule has 11 heteroatoms. The Morgan fingerprint density at radius 3 is 2.20 bits per heavy atom. The summed E-state index contributed by atoms with van der Waals surface area (Å²) in [5.74, 6) is -0.139. The smallest absolute Gasteiger partial charge is 0.338 e. The van der Waals surface area contributed by atoms with Crippen LogP contribution in [0.5, 0.6) is 0 Å². The van der Waals surface area contributed by atoms with Crippen molar-refractivity contribution in [1.82, 2.24) is 24.9 Å². The lowest BCUT2D eigenvalue weighted by molar-refractivity contribution is -0.183. The Bertz CT molecular complexity index is 547. The van der Waals surface area contributed by atoms with Crippen LogP contribution in [0.15, 0.2) is 12.4 Å². The number of hydrogen-bond donors (Lipinski definition) is 1. The van der Waals surface area contributed by atoms with E-state index in [1.54, 1.807) is 36.1 Å². The molecule has 146 valence electrons. The molecule has 2 atom stereocenters. The van der Waals surface area contributed by atoms with Crippen LogP contribution in [0, 0.1) is 0 Å². The van der Waals surface area contributed by atoms with Crippen LogP contribution >= 0.6 is 24.8 Å². The normalized spacial score (nSPS) is 18.1. The summed E-state index contributed by atoms with van der Waals surface area (Å²) in [6.45, 7) is 2.17. The number of aromatic nitrogens is 2. The number of aryl methyl sites for hydroxylation is 1. The minimum atomic E-state index is -4.24. The summed E-state index contributed by atoms with van der Waals surface area (Å²) in [4.78, 5) is 15.6. The van der Waals surface area contributed by atoms with Crippen molar-refractivity contribution in [3.8, 4) is 0 Å². The summed E-state index contributed by atoms with van der Waals surface area (Å²) < 4.78 is 39.9. The molecule has 1 aromatic rings. The van der Waals surface area contributed by atoms with Crippen molar-refractivity contribution in [2.24, 2.45) is 7.05 Å². The van der Waals surface area contributed by atoms with Crippen LogP contribution < -0.4 is 5.32 Å². The number of hydrogen-bond acceptors (Lipinski definition) is 4. The lowest BCUT2D eigenvalue weighted by Gasteiger charge is -2.39. The van der Waals surface area contributed by atoms with Crippen LogP contribution in [0.2, 0.25) is 0 Å². The van der Waals surface area contributed by atoms with Crippen molar-refractivity contribution in [1.29, 1.82) is 0 Å². The van der Waals surface area contributed by atoms with E-state index >= 15 is 0 Å². The number of alkyl halides is 3. The van der Waals surface area contributed by atoms with E-state index in [0.717, 1.165) is 12.5 Å². The number of amides is 1. The molecule has 1 fully saturated rings. The molecule has 1 aliphatic rings. The van der Waals surface area contributed by atoms with E-state index in [4.69, 9.17) is 0 Å². The number of nitrogens with zero attached hydrogens (tertiary/aromatic N) is 4. The number of likely N-dealkylation sites (N-methyl/N-ethyl adjacent to an activating group) is 1. The highest BCUT2D eigenvalue weighted by molar-refractivity contribution is 5.85. The van der Waals surface area contributed by atoms with Gasteiger partial charge in [-0.15, -0.1) is 24.8 Å². The van der Waals surface area contributed by atoms with Gasteiger partial charge in [-0.1, -0.05) is 0 Å². The van der Waals surface area contributed by atoms with E-state index in [1.165, 1.54) is 4.90 Å². The van der Waals surface area contributed by atoms with Crippen molar-refractivity contribution in [2.45, 2.75) is 25.2 Å². The molecule has 1 amide bonds. The largest absolute Gasteiger partial charge is 0.403 e. The number of carbonyl (C=O) groups excluding carboxylic acids is 1. The van der Waals surface area contributed by atoms with E-state index in [-0.39, 0.29) is 56.9 Å². The Morgan fingerprint density at radius 2 is 1.80 bits per heavy atom. The van der Waals surface area contributed by atoms with Crippen molar-refractivity contribution in [3.05, 3.63) is 18.0 Å². The third-order valence-electron chi connectivity index (χ3n) is 4.24. The molecule has 2 heterocycles. The summed E-state index contributed by atoms with van der Waals surface area (Å²) in [6, 6.07) is -2.02. The predicted octanol–water partition coefficient (Wildman–Crippen LogP) is 1.62. The molecule has 6 nitrogen and oxygen atoms in total. The number of piperazine rings is 1. The molecule has 25 heavy (non-hydrogen) atoms. The SMILES string of the molecule is CNC(C(=O)N1CCN(C(C)C(F)(F)F)CC1)c1cnn(C)c1.Cl.Cl. The zero-order chi connectivity index (χ0) is 17.2. The molecular formula is C14H24Cl2F3N5O. The second-order valence-electron chi connectivity index (χ2n) is 5.75. The van der Waals surface area contributed by atoms with Crippen molar-refractivity contribution >= 4 is 30.7 Å². The summed E-state index contributed by atoms with van der Waals surface area (Å²) in [5, 5.41) is 7.00. The number of nitrogens with one attached hydrogen (secondary N) is 1. The summed E-state index contributed by atoms with van der Waals surface area (Å²) in [7, 11) is 3.44. The van der Waals surface area contributed by atoms with Gasteiger partial charge in [-0.25, -0.2) is 0 Å². The number of halogens is 5. The summed E-state index contributed by atoms with van der Waals surface area (Å²) >= 11 is 0. The van der Waals surface area contributed by atoms with Gasteiger partial charge >= 0.3 is 6.18 Å². The van der Waals surface area contributed by atoms with Gasteiger partial charge in [0.15, 0.2) is 0 Å². The number of rotatable bonds is 4. The highest BCUT2D eigenvalue weighted by atomic mass is 35.5. The fourth-order valence-electron chi connectivity index (χ4n) is 2.74. The zero-order valence-electron chi connectivity index (χ0n) is 14.3. The van der Waals surface area contributed by atoms with Crippen LogP contribution in [-0.2, 0) is 11.8 Å². The third kappa shape index (κ3) is 5.73. The van der Waals surface area contributed by atoms with Gasteiger partial charge in [0.05, 0.1) is 6.20 Å². The van der Waals surface area contributed by atoms with Crippen molar-refractivity contribution < 1.29 is 18.0 Å². The first-order valence-electron chi connectivity index (χ1n) is 7.49. The Balaban J connectivity index is 0.00000288. The highest BCUT2D eigenvalue weighted by Gasteiger charge is 2.41. The van der Waals surface area contributed by atoms with Gasteiger partial charge in [0.2, 0.25) is 5.91 Å². The molecule has 1 aliphatic heterocycles. The Morgan fingerprint density at radius 1 is 1.24 bits per heavy atom. The Labute approximate surface area is 157 Å². The maximum atomic E-state index is 12.8. The fraction of sp³-hybridized carbons (Fsp3) is 0.714. The molecule has 0 aromatic carbocycles. The Kier molecular flexibility index (Phi) is 9.21. The minimum absolute atomic E-state index is 0. The second kappa shape index (κ2) is 9.61. The van der Waals surface area contributed by atoms with Crippen LogP contribution in [0.1, 0.15) is 18.5 Å². The minimum Gasteiger partial charge on any atom is -0.338 e. The maximum absolute atomic E-state index is 12.8. The van der Waals surface area contributed by atoms with Crippen LogP contribution in [0.3, 0.4) is 0 Å². The maximum Gasteiger partial charge on any atom is 0.403 e. The van der Waals surface area contributed by atoms with Crippen LogP contribution in [-0.4, -0.2) is 70.9 Å². The molecule has 2 unspecified atom stereocenters. The van der Waals surface area contributed by atoms with E-state index in [2.05, 4.69) is 10.4 Å². The van der Waals surface area contributed by atoms with Gasteiger partial charge in [-0.05, 0) is 14.0 Å². The molecule has 2 rings (SSSR count). The molecule has 1 N–H and O–H groups in total. The lowest BCUT2D eigenvalue weighted by Crippen LogP contribution is -2.56. The first kappa shape index (κ1) is 24.0. The molecule has 0 spiro atoms. The lowest BCUT2D eigenvalue weighted by atomic mass is 10.1. The molecule has 0 bridgehead atoms. The van der Waals surface area contributed by atoms with Crippen LogP contribution in [0.4, 0.5) is 13.2 Å².